The van der Waals surface area contributed by atoms with Crippen LogP contribution in [-0.4, -0.2) is 44.9 Å². The minimum absolute atomic E-state index is 0. The van der Waals surface area contributed by atoms with E-state index in [1.54, 1.807) is 6.92 Å². The maximum Gasteiger partial charge on any atom is 1.00 e. The van der Waals surface area contributed by atoms with Crippen molar-refractivity contribution in [3.8, 4) is 0 Å². The van der Waals surface area contributed by atoms with Crippen molar-refractivity contribution in [2.45, 2.75) is 6.92 Å². The second-order valence-corrected chi connectivity index (χ2v) is 3.45. The molecule has 0 aliphatic heterocycles. The number of hydrogen-bond acceptors (Lipinski definition) is 2. The van der Waals surface area contributed by atoms with Gasteiger partial charge < -0.3 is 23.2 Å². The van der Waals surface area contributed by atoms with Gasteiger partial charge in [0.2, 0.25) is 5.91 Å². The molecule has 0 aliphatic carbocycles. The monoisotopic (exact) mass is 250 g/mol. The summed E-state index contributed by atoms with van der Waals surface area (Å²) in [5, 5.41) is 2.39. The molecule has 0 radical (unpaired) electrons. The van der Waals surface area contributed by atoms with Gasteiger partial charge in [-0.2, -0.15) is 0 Å². The minimum Gasteiger partial charge on any atom is -0.448 e. The number of carbonyl (C=O) groups is 1. The van der Waals surface area contributed by atoms with Gasteiger partial charge in [0.25, 0.3) is 0 Å². The van der Waals surface area contributed by atoms with Crippen LogP contribution in [0.1, 0.15) is 6.92 Å². The van der Waals surface area contributed by atoms with E-state index in [4.69, 9.17) is 0 Å². The molecular weight excluding hydrogens is 235 g/mol. The Bertz CT molecular complexity index is 203. The Labute approximate surface area is 131 Å². The average Bonchev–Trinajstić information content (AvgIpc) is 1.99. The number of hydrogen-bond donors (Lipinski definition) is 1. The molecule has 0 aromatic carbocycles. The van der Waals surface area contributed by atoms with E-state index in [0.717, 1.165) is 4.90 Å². The summed E-state index contributed by atoms with van der Waals surface area (Å²) in [6.45, 7) is -3.10. The Morgan fingerprint density at radius 3 is 2.27 bits per heavy atom. The number of nitrogens with one attached hydrogen (secondary N) is 1. The van der Waals surface area contributed by atoms with Crippen molar-refractivity contribution in [1.29, 1.82) is 0 Å². The summed E-state index contributed by atoms with van der Waals surface area (Å²) in [7, 11) is 2.82. The fourth-order valence-electron chi connectivity index (χ4n) is 1.22. The standard InChI is InChI=1S/C7H15BF3N2O.K/c1-6(7(14)12-2)4-13(3)5-8(9,10)11;/h6H,4-5H2,1-3H3,(H,12,14);/q-1;+1. The topological polar surface area (TPSA) is 32.3 Å². The zero-order valence-corrected chi connectivity index (χ0v) is 12.7. The molecule has 0 saturated carbocycles. The van der Waals surface area contributed by atoms with Crippen molar-refractivity contribution >= 4 is 12.9 Å². The smallest absolute Gasteiger partial charge is 0.448 e. The molecule has 1 unspecified atom stereocenters. The molecular formula is C7H15BF3KN2O. The first-order valence-corrected chi connectivity index (χ1v) is 4.37. The molecule has 0 aliphatic rings. The van der Waals surface area contributed by atoms with E-state index in [1.807, 2.05) is 0 Å². The molecule has 8 heteroatoms. The third kappa shape index (κ3) is 9.83. The van der Waals surface area contributed by atoms with Crippen LogP contribution in [0.5, 0.6) is 0 Å². The number of rotatable bonds is 5. The van der Waals surface area contributed by atoms with Gasteiger partial charge in [-0.3, -0.25) is 4.79 Å². The molecule has 1 amide bonds. The van der Waals surface area contributed by atoms with E-state index >= 15 is 0 Å². The summed E-state index contributed by atoms with van der Waals surface area (Å²) in [6, 6.07) is 0. The molecule has 0 rings (SSSR count). The zero-order chi connectivity index (χ0) is 11.4. The summed E-state index contributed by atoms with van der Waals surface area (Å²) < 4.78 is 35.9. The summed E-state index contributed by atoms with van der Waals surface area (Å²) >= 11 is 0. The van der Waals surface area contributed by atoms with E-state index in [9.17, 15) is 17.7 Å². The first-order valence-electron chi connectivity index (χ1n) is 4.37. The first kappa shape index (κ1) is 18.3. The van der Waals surface area contributed by atoms with Crippen molar-refractivity contribution in [3.63, 3.8) is 0 Å². The average molecular weight is 250 g/mol. The summed E-state index contributed by atoms with van der Waals surface area (Å²) in [5.41, 5.74) is 0. The van der Waals surface area contributed by atoms with Gasteiger partial charge in [0, 0.05) is 19.5 Å². The van der Waals surface area contributed by atoms with Crippen LogP contribution in [0.4, 0.5) is 12.9 Å². The summed E-state index contributed by atoms with van der Waals surface area (Å²) in [4.78, 5) is 12.1. The van der Waals surface area contributed by atoms with E-state index in [2.05, 4.69) is 5.32 Å². The fraction of sp³-hybridized carbons (Fsp3) is 0.857. The molecule has 0 saturated heterocycles. The second kappa shape index (κ2) is 8.08. The van der Waals surface area contributed by atoms with Crippen molar-refractivity contribution < 1.29 is 69.1 Å². The van der Waals surface area contributed by atoms with Crippen LogP contribution in [-0.2, 0) is 4.79 Å². The normalized spacial score (nSPS) is 13.3. The molecule has 0 aromatic heterocycles. The van der Waals surface area contributed by atoms with Crippen LogP contribution < -0.4 is 56.7 Å². The van der Waals surface area contributed by atoms with Gasteiger partial charge in [-0.15, -0.1) is 0 Å². The number of halogens is 3. The Morgan fingerprint density at radius 1 is 1.47 bits per heavy atom. The molecule has 0 spiro atoms. The molecule has 84 valence electrons. The van der Waals surface area contributed by atoms with Crippen LogP contribution in [0.3, 0.4) is 0 Å². The predicted octanol–water partition coefficient (Wildman–Crippen LogP) is -2.31. The molecule has 3 nitrogen and oxygen atoms in total. The van der Waals surface area contributed by atoms with Gasteiger partial charge in [0.1, 0.15) is 0 Å². The van der Waals surface area contributed by atoms with Crippen molar-refractivity contribution in [3.05, 3.63) is 0 Å². The maximum absolute atomic E-state index is 12.0. The minimum atomic E-state index is -4.81. The van der Waals surface area contributed by atoms with Gasteiger partial charge in [-0.1, -0.05) is 6.92 Å². The third-order valence-corrected chi connectivity index (χ3v) is 1.80. The molecule has 0 bridgehead atoms. The van der Waals surface area contributed by atoms with Crippen LogP contribution in [0.2, 0.25) is 0 Å². The van der Waals surface area contributed by atoms with Gasteiger partial charge in [-0.25, -0.2) is 0 Å². The number of carbonyl (C=O) groups excluding carboxylic acids is 1. The van der Waals surface area contributed by atoms with Gasteiger partial charge >= 0.3 is 58.4 Å². The molecule has 1 atom stereocenters. The Hall–Kier alpha value is 0.921. The molecule has 0 fully saturated rings. The van der Waals surface area contributed by atoms with Gasteiger partial charge in [0.15, 0.2) is 0 Å². The zero-order valence-electron chi connectivity index (χ0n) is 9.56. The molecule has 0 aromatic rings. The van der Waals surface area contributed by atoms with Gasteiger partial charge in [-0.05, 0) is 13.5 Å². The van der Waals surface area contributed by atoms with E-state index in [-0.39, 0.29) is 63.8 Å². The summed E-state index contributed by atoms with van der Waals surface area (Å²) in [5.74, 6) is -0.672. The SMILES string of the molecule is CNC(=O)C(C)CN(C)C[B-](F)(F)F.[K+]. The fourth-order valence-corrected chi connectivity index (χ4v) is 1.22. The predicted molar refractivity (Wildman–Crippen MR) is 49.8 cm³/mol. The quantitative estimate of drug-likeness (QED) is 0.556. The van der Waals surface area contributed by atoms with Gasteiger partial charge in [0.05, 0.1) is 0 Å². The summed E-state index contributed by atoms with van der Waals surface area (Å²) in [6.07, 6.45) is -0.929. The second-order valence-electron chi connectivity index (χ2n) is 3.45. The molecule has 0 heterocycles. The van der Waals surface area contributed by atoms with E-state index in [0.29, 0.717) is 0 Å². The van der Waals surface area contributed by atoms with Crippen molar-refractivity contribution in [2.75, 3.05) is 27.1 Å². The number of amides is 1. The largest absolute Gasteiger partial charge is 1.00 e. The molecule has 1 N–H and O–H groups in total. The van der Waals surface area contributed by atoms with Crippen molar-refractivity contribution in [2.24, 2.45) is 5.92 Å². The Morgan fingerprint density at radius 2 is 1.93 bits per heavy atom. The third-order valence-electron chi connectivity index (χ3n) is 1.80. The van der Waals surface area contributed by atoms with Crippen LogP contribution in [0, 0.1) is 5.92 Å². The van der Waals surface area contributed by atoms with Crippen LogP contribution >= 0.6 is 0 Å². The Balaban J connectivity index is 0. The number of nitrogens with zero attached hydrogens (tertiary/aromatic N) is 1. The molecule has 15 heavy (non-hydrogen) atoms. The van der Waals surface area contributed by atoms with Crippen LogP contribution in [0.25, 0.3) is 0 Å². The first-order chi connectivity index (χ1) is 6.26. The Kier molecular flexibility index (Phi) is 9.85. The van der Waals surface area contributed by atoms with Crippen LogP contribution in [0.15, 0.2) is 0 Å². The van der Waals surface area contributed by atoms with E-state index < -0.39 is 19.3 Å². The van der Waals surface area contributed by atoms with E-state index in [1.165, 1.54) is 14.1 Å². The van der Waals surface area contributed by atoms with Crippen molar-refractivity contribution in [1.82, 2.24) is 10.2 Å². The maximum atomic E-state index is 12.0.